The van der Waals surface area contributed by atoms with Crippen LogP contribution in [0.4, 0.5) is 0 Å². The minimum atomic E-state index is -4.60. The van der Waals surface area contributed by atoms with Crippen molar-refractivity contribution in [3.05, 3.63) is 24.3 Å². The van der Waals surface area contributed by atoms with Crippen molar-refractivity contribution in [3.8, 4) is 0 Å². The molecule has 1 aliphatic heterocycles. The SMILES string of the molecule is CCCCC/C=C\CCCCCCCC(=O)OCC(COC1OC(CS(=O)(=O)O)C(O)C(O)C1O)OC(=O)CCCCCCC/C=C\CCCCC. The number of carbonyl (C=O) groups is 2. The minimum absolute atomic E-state index is 0.153. The van der Waals surface area contributed by atoms with Crippen LogP contribution in [0.2, 0.25) is 0 Å². The molecule has 6 unspecified atom stereocenters. The van der Waals surface area contributed by atoms with Crippen molar-refractivity contribution in [3.63, 3.8) is 0 Å². The van der Waals surface area contributed by atoms with Crippen LogP contribution in [0, 0.1) is 0 Å². The predicted octanol–water partition coefficient (Wildman–Crippen LogP) is 6.89. The second-order valence-electron chi connectivity index (χ2n) is 13.9. The molecule has 4 N–H and O–H groups in total. The Balaban J connectivity index is 2.53. The molecule has 1 rings (SSSR count). The first-order chi connectivity index (χ1) is 25.0. The quantitative estimate of drug-likeness (QED) is 0.0241. The zero-order chi connectivity index (χ0) is 38.5. The number of carbonyl (C=O) groups excluding carboxylic acids is 2. The van der Waals surface area contributed by atoms with E-state index in [4.69, 9.17) is 18.9 Å². The van der Waals surface area contributed by atoms with Crippen LogP contribution in [-0.4, -0.2) is 96.0 Å². The molecule has 1 saturated heterocycles. The van der Waals surface area contributed by atoms with Crippen LogP contribution in [0.3, 0.4) is 0 Å². The number of aliphatic hydroxyl groups excluding tert-OH is 3. The van der Waals surface area contributed by atoms with E-state index in [0.717, 1.165) is 77.0 Å². The molecule has 0 aromatic heterocycles. The van der Waals surface area contributed by atoms with E-state index in [2.05, 4.69) is 38.2 Å². The number of ether oxygens (including phenoxy) is 4. The molecule has 12 nitrogen and oxygen atoms in total. The number of hydrogen-bond acceptors (Lipinski definition) is 11. The summed E-state index contributed by atoms with van der Waals surface area (Å²) < 4.78 is 53.8. The fourth-order valence-corrected chi connectivity index (χ4v) is 6.53. The van der Waals surface area contributed by atoms with Gasteiger partial charge in [-0.15, -0.1) is 0 Å². The van der Waals surface area contributed by atoms with Crippen molar-refractivity contribution in [2.45, 2.75) is 192 Å². The molecule has 0 bridgehead atoms. The summed E-state index contributed by atoms with van der Waals surface area (Å²) in [6.07, 6.45) is 20.9. The van der Waals surface area contributed by atoms with E-state index >= 15 is 0 Å². The molecule has 0 saturated carbocycles. The highest BCUT2D eigenvalue weighted by atomic mass is 32.2. The molecule has 0 aromatic carbocycles. The molecule has 1 aliphatic rings. The number of allylic oxidation sites excluding steroid dienone is 4. The van der Waals surface area contributed by atoms with Gasteiger partial charge in [0, 0.05) is 12.8 Å². The van der Waals surface area contributed by atoms with E-state index in [9.17, 15) is 37.9 Å². The van der Waals surface area contributed by atoms with Gasteiger partial charge in [-0.2, -0.15) is 8.42 Å². The summed E-state index contributed by atoms with van der Waals surface area (Å²) >= 11 is 0. The van der Waals surface area contributed by atoms with Crippen molar-refractivity contribution < 1.29 is 56.8 Å². The van der Waals surface area contributed by atoms with E-state index in [0.29, 0.717) is 12.8 Å². The van der Waals surface area contributed by atoms with Crippen molar-refractivity contribution >= 4 is 22.1 Å². The van der Waals surface area contributed by atoms with E-state index < -0.39 is 71.2 Å². The van der Waals surface area contributed by atoms with Crippen molar-refractivity contribution in [1.29, 1.82) is 0 Å². The first kappa shape index (κ1) is 48.1. The summed E-state index contributed by atoms with van der Waals surface area (Å²) in [5.74, 6) is -2.01. The van der Waals surface area contributed by atoms with Crippen molar-refractivity contribution in [2.75, 3.05) is 19.0 Å². The van der Waals surface area contributed by atoms with Gasteiger partial charge in [-0.05, 0) is 64.2 Å². The van der Waals surface area contributed by atoms with Crippen LogP contribution < -0.4 is 0 Å². The highest BCUT2D eigenvalue weighted by molar-refractivity contribution is 7.85. The average Bonchev–Trinajstić information content (AvgIpc) is 3.10. The summed E-state index contributed by atoms with van der Waals surface area (Å²) in [5.41, 5.74) is 0. The molecule has 0 radical (unpaired) electrons. The van der Waals surface area contributed by atoms with Gasteiger partial charge in [0.1, 0.15) is 36.8 Å². The van der Waals surface area contributed by atoms with E-state index in [1.807, 2.05) is 0 Å². The molecule has 304 valence electrons. The zero-order valence-corrected chi connectivity index (χ0v) is 32.7. The number of unbranched alkanes of at least 4 members (excludes halogenated alkanes) is 16. The number of rotatable bonds is 32. The van der Waals surface area contributed by atoms with Crippen molar-refractivity contribution in [1.82, 2.24) is 0 Å². The standard InChI is InChI=1S/C39H70O12S/c1-3-5-7-9-11-13-15-17-19-21-23-25-27-34(40)48-29-32(30-49-39-38(44)37(43)36(42)33(51-39)31-52(45,46)47)50-35(41)28-26-24-22-20-18-16-14-12-10-8-6-4-2/h11-14,32-33,36-39,42-44H,3-10,15-31H2,1-2H3,(H,45,46,47)/b13-11-,14-12-. The summed E-state index contributed by atoms with van der Waals surface area (Å²) in [4.78, 5) is 25.2. The third kappa shape index (κ3) is 25.2. The molecule has 0 aliphatic carbocycles. The first-order valence-corrected chi connectivity index (χ1v) is 21.5. The lowest BCUT2D eigenvalue weighted by atomic mass is 10.00. The van der Waals surface area contributed by atoms with E-state index in [1.54, 1.807) is 0 Å². The molecule has 13 heteroatoms. The van der Waals surface area contributed by atoms with Gasteiger partial charge in [0.05, 0.1) is 6.61 Å². The van der Waals surface area contributed by atoms with Gasteiger partial charge in [-0.1, -0.05) is 102 Å². The highest BCUT2D eigenvalue weighted by Crippen LogP contribution is 2.24. The Morgan fingerprint density at radius 3 is 1.60 bits per heavy atom. The van der Waals surface area contributed by atoms with E-state index in [-0.39, 0.29) is 19.4 Å². The number of aliphatic hydroxyl groups is 3. The third-order valence-corrected chi connectivity index (χ3v) is 9.75. The largest absolute Gasteiger partial charge is 0.462 e. The van der Waals surface area contributed by atoms with Gasteiger partial charge in [0.15, 0.2) is 12.4 Å². The Kier molecular flexibility index (Phi) is 28.2. The Bertz CT molecular complexity index is 1080. The lowest BCUT2D eigenvalue weighted by Crippen LogP contribution is -2.60. The molecule has 52 heavy (non-hydrogen) atoms. The average molecular weight is 763 g/mol. The highest BCUT2D eigenvalue weighted by Gasteiger charge is 2.46. The maximum atomic E-state index is 12.7. The fraction of sp³-hybridized carbons (Fsp3) is 0.846. The Labute approximate surface area is 313 Å². The van der Waals surface area contributed by atoms with Crippen molar-refractivity contribution in [2.24, 2.45) is 0 Å². The second kappa shape index (κ2) is 30.5. The van der Waals surface area contributed by atoms with Crippen LogP contribution in [0.5, 0.6) is 0 Å². The van der Waals surface area contributed by atoms with Gasteiger partial charge in [0.25, 0.3) is 10.1 Å². The smallest absolute Gasteiger partial charge is 0.306 e. The van der Waals surface area contributed by atoms with Crippen LogP contribution >= 0.6 is 0 Å². The summed E-state index contributed by atoms with van der Waals surface area (Å²) in [7, 11) is -4.60. The van der Waals surface area contributed by atoms with E-state index in [1.165, 1.54) is 38.5 Å². The molecule has 0 amide bonds. The monoisotopic (exact) mass is 762 g/mol. The van der Waals surface area contributed by atoms with Crippen LogP contribution in [0.25, 0.3) is 0 Å². The van der Waals surface area contributed by atoms with Gasteiger partial charge in [-0.3, -0.25) is 14.1 Å². The maximum Gasteiger partial charge on any atom is 0.306 e. The fourth-order valence-electron chi connectivity index (χ4n) is 5.84. The van der Waals surface area contributed by atoms with Crippen LogP contribution in [0.15, 0.2) is 24.3 Å². The minimum Gasteiger partial charge on any atom is -0.462 e. The molecule has 0 spiro atoms. The molecule has 6 atom stereocenters. The molecule has 0 aromatic rings. The lowest BCUT2D eigenvalue weighted by molar-refractivity contribution is -0.297. The Hall–Kier alpha value is -1.87. The van der Waals surface area contributed by atoms with Crippen LogP contribution in [-0.2, 0) is 38.7 Å². The van der Waals surface area contributed by atoms with Gasteiger partial charge < -0.3 is 34.3 Å². The molecular weight excluding hydrogens is 692 g/mol. The summed E-state index contributed by atoms with van der Waals surface area (Å²) in [6, 6.07) is 0. The number of esters is 2. The number of hydrogen-bond donors (Lipinski definition) is 4. The lowest BCUT2D eigenvalue weighted by Gasteiger charge is -2.40. The van der Waals surface area contributed by atoms with Gasteiger partial charge >= 0.3 is 11.9 Å². The molecule has 1 heterocycles. The Morgan fingerprint density at radius 2 is 1.10 bits per heavy atom. The second-order valence-corrected chi connectivity index (χ2v) is 15.4. The van der Waals surface area contributed by atoms with Crippen LogP contribution in [0.1, 0.15) is 155 Å². The summed E-state index contributed by atoms with van der Waals surface area (Å²) in [6.45, 7) is 3.66. The predicted molar refractivity (Wildman–Crippen MR) is 201 cm³/mol. The normalized spacial score (nSPS) is 21.5. The third-order valence-electron chi connectivity index (χ3n) is 9.00. The zero-order valence-electron chi connectivity index (χ0n) is 31.9. The summed E-state index contributed by atoms with van der Waals surface area (Å²) in [5, 5.41) is 30.7. The van der Waals surface area contributed by atoms with Gasteiger partial charge in [-0.25, -0.2) is 0 Å². The van der Waals surface area contributed by atoms with Gasteiger partial charge in [0.2, 0.25) is 0 Å². The molecular formula is C39H70O12S. The maximum absolute atomic E-state index is 12.7. The first-order valence-electron chi connectivity index (χ1n) is 19.9. The topological polar surface area (TPSA) is 186 Å². The Morgan fingerprint density at radius 1 is 0.635 bits per heavy atom. The molecule has 1 fully saturated rings.